The number of aldehydes is 3. The number of aromatic nitrogens is 10. The number of nitrogens with zero attached hydrogens (tertiary/aromatic N) is 9. The molecule has 0 saturated carbocycles. The van der Waals surface area contributed by atoms with Crippen LogP contribution in [0.25, 0.3) is 22.8 Å². The Morgan fingerprint density at radius 3 is 1.29 bits per heavy atom. The van der Waals surface area contributed by atoms with Gasteiger partial charge in [-0.05, 0) is 196 Å². The number of carbonyl (C=O) groups excluding carboxylic acids is 4. The number of aromatic amines is 1. The average Bonchev–Trinajstić information content (AvgIpc) is 1.54. The minimum Gasteiger partial charge on any atom is -1.00 e. The van der Waals surface area contributed by atoms with E-state index in [-0.39, 0.29) is 123 Å². The van der Waals surface area contributed by atoms with Crippen LogP contribution in [0.2, 0.25) is 53.5 Å². The molecular formula is C79H84Br3Cl8FK2N10O8Sn. The zero-order chi connectivity index (χ0) is 82.3. The molecule has 0 unspecified atom stereocenters. The van der Waals surface area contributed by atoms with Crippen molar-refractivity contribution in [2.24, 2.45) is 0 Å². The fraction of sp³-hybridized carbons (Fsp3) is 0.253. The van der Waals surface area contributed by atoms with Gasteiger partial charge in [0.2, 0.25) is 0 Å². The Labute approximate surface area is 811 Å². The van der Waals surface area contributed by atoms with Gasteiger partial charge in [-0.25, -0.2) is 4.79 Å². The second-order valence-corrected chi connectivity index (χ2v) is 42.2. The zero-order valence-corrected chi connectivity index (χ0v) is 82.8. The summed E-state index contributed by atoms with van der Waals surface area (Å²) >= 11 is 55.6. The zero-order valence-electron chi connectivity index (χ0n) is 64.9. The molecule has 7 heterocycles. The number of hydrogen-bond acceptors (Lipinski definition) is 13. The number of carbonyl (C=O) groups is 5. The number of allylic oxidation sites excluding steroid dienone is 2. The molecule has 11 aromatic rings. The molecule has 0 bridgehead atoms. The second-order valence-electron chi connectivity index (χ2n) is 23.5. The first-order chi connectivity index (χ1) is 53.3. The number of alkyl halides is 2. The van der Waals surface area contributed by atoms with Gasteiger partial charge < -0.3 is 35.4 Å². The Morgan fingerprint density at radius 1 is 0.571 bits per heavy atom. The fourth-order valence-electron chi connectivity index (χ4n) is 10.1. The van der Waals surface area contributed by atoms with E-state index in [1.54, 1.807) is 139 Å². The molecule has 0 radical (unpaired) electrons. The van der Waals surface area contributed by atoms with Crippen molar-refractivity contribution in [1.29, 1.82) is 0 Å². The van der Waals surface area contributed by atoms with Crippen LogP contribution in [0, 0.1) is 0 Å². The molecule has 0 fully saturated rings. The van der Waals surface area contributed by atoms with Gasteiger partial charge in [0.15, 0.2) is 18.9 Å². The van der Waals surface area contributed by atoms with Crippen LogP contribution in [0.5, 0.6) is 0 Å². The van der Waals surface area contributed by atoms with Gasteiger partial charge in [0.05, 0.1) is 65.1 Å². The minimum absolute atomic E-state index is 0. The standard InChI is InChI=1S/C16H11Cl2N3O2.C16H11Cl2N3O.C12H8BrCl2NO.C7H5BrCl2.C5H4BrNO.C5H10.C4H3N2.3C4H9.CH3F.CH2O3.2K.Sn.H/c17-11-1-2-12(18)10(7-11)9-21-14(3-4-15(21)16(22)23)13-8-19-5-6-20-13;17-12-1-3-14(18)11(7-12)9-21-13(10-22)2-4-16(21)15-8-19-5-6-20-15;13-12-4-2-10(7-17)16(12)6-8-5-9(14)1-3-11(8)15;8-4-5-3-6(9)1-2-7(5)10;6-5-2-1-4(3-8)7-5;1-4-5(2)3;1-2-6-4-3-5-1;3*1-3-4-2;1-2;2-1-4-3;;;;/h1-8H,9H2,(H,22,23);1-8,10H,9H2;1-5,7H,6H2;1-3H,4H2;1-3,7H;4H,1-3H3;1-3H;3*1,3-4H2,2H3;1H3;1,3H;;;;/q;;;;;;;;;;;;2*+1;;-1/p-1/i;;;;;;;;;;1D;;;;;. The van der Waals surface area contributed by atoms with Crippen molar-refractivity contribution >= 4 is 194 Å². The van der Waals surface area contributed by atoms with E-state index >= 15 is 0 Å². The molecule has 588 valence electrons. The van der Waals surface area contributed by atoms with Gasteiger partial charge in [-0.1, -0.05) is 120 Å². The summed E-state index contributed by atoms with van der Waals surface area (Å²) < 4.78 is 28.3. The Bertz CT molecular complexity index is 4630. The molecule has 0 aliphatic heterocycles. The summed E-state index contributed by atoms with van der Waals surface area (Å²) in [5, 5.41) is 23.6. The number of carboxylic acids is 1. The van der Waals surface area contributed by atoms with Crippen LogP contribution in [-0.2, 0) is 34.6 Å². The van der Waals surface area contributed by atoms with E-state index < -0.39 is 31.5 Å². The van der Waals surface area contributed by atoms with Gasteiger partial charge in [-0.15, -0.1) is 0 Å². The number of hydrogen-bond donors (Lipinski definition) is 2. The minimum atomic E-state index is -2.27. The summed E-state index contributed by atoms with van der Waals surface area (Å²) in [7, 11) is -1.00. The molecule has 11 rings (SSSR count). The van der Waals surface area contributed by atoms with Crippen molar-refractivity contribution in [2.45, 2.75) is 118 Å². The molecule has 2 N–H and O–H groups in total. The summed E-state index contributed by atoms with van der Waals surface area (Å²) in [6, 6.07) is 34.9. The third-order valence-corrected chi connectivity index (χ3v) is 35.0. The molecule has 4 aromatic carbocycles. The quantitative estimate of drug-likeness (QED) is 0.0143. The van der Waals surface area contributed by atoms with Crippen LogP contribution >= 0.6 is 141 Å². The van der Waals surface area contributed by atoms with E-state index in [0.29, 0.717) is 77.4 Å². The molecule has 0 saturated heterocycles. The number of halogens is 12. The number of rotatable bonds is 24. The third-order valence-electron chi connectivity index (χ3n) is 15.8. The first-order valence-corrected chi connectivity index (χ1v) is 47.0. The number of benzene rings is 4. The Hall–Kier alpha value is -3.35. The summed E-state index contributed by atoms with van der Waals surface area (Å²) in [6.07, 6.45) is 28.0. The van der Waals surface area contributed by atoms with Crippen LogP contribution in [0.4, 0.5) is 4.39 Å². The Balaban J connectivity index is 0.00000133. The van der Waals surface area contributed by atoms with Crippen LogP contribution in [-0.4, -0.2) is 111 Å². The largest absolute Gasteiger partial charge is 1.00 e. The number of carboxylic acid groups (broad SMARTS) is 1. The molecular weight excluding hydrogens is 1960 g/mol. The normalized spacial score (nSPS) is 10.1. The summed E-state index contributed by atoms with van der Waals surface area (Å²) in [4.78, 5) is 83.4. The van der Waals surface area contributed by atoms with E-state index in [2.05, 4.69) is 129 Å². The van der Waals surface area contributed by atoms with Crippen LogP contribution in [0.3, 0.4) is 0 Å². The maximum absolute atomic E-state index is 11.5. The van der Waals surface area contributed by atoms with E-state index in [9.17, 15) is 28.7 Å². The molecule has 0 amide bonds. The summed E-state index contributed by atoms with van der Waals surface area (Å²) in [5.41, 5.74) is 9.41. The van der Waals surface area contributed by atoms with E-state index in [0.717, 1.165) is 71.4 Å². The predicted molar refractivity (Wildman–Crippen MR) is 457 cm³/mol. The Kier molecular flexibility index (Phi) is 57.1. The van der Waals surface area contributed by atoms with Crippen molar-refractivity contribution < 1.29 is 149 Å². The molecule has 0 aliphatic carbocycles. The smallest absolute Gasteiger partial charge is 1.00 e. The average molecular weight is 2040 g/mol. The molecule has 7 aromatic heterocycles. The molecule has 33 heteroatoms. The number of nitrogens with one attached hydrogen (secondary N) is 1. The van der Waals surface area contributed by atoms with Crippen molar-refractivity contribution in [2.75, 3.05) is 7.15 Å². The first kappa shape index (κ1) is 105. The summed E-state index contributed by atoms with van der Waals surface area (Å²) in [6.45, 7) is 14.1. The molecule has 0 spiro atoms. The first-order valence-electron chi connectivity index (χ1n) is 34.5. The molecule has 0 aliphatic rings. The topological polar surface area (TPSA) is 246 Å². The van der Waals surface area contributed by atoms with Gasteiger partial charge in [0, 0.05) is 83.4 Å². The summed E-state index contributed by atoms with van der Waals surface area (Å²) in [5.74, 6) is -1.03. The second kappa shape index (κ2) is 61.0. The maximum atomic E-state index is 11.5. The monoisotopic (exact) mass is 2030 g/mol. The van der Waals surface area contributed by atoms with Gasteiger partial charge in [0.1, 0.15) is 17.1 Å². The molecule has 0 atom stereocenters. The fourth-order valence-corrected chi connectivity index (χ4v) is 28.2. The van der Waals surface area contributed by atoms with Crippen molar-refractivity contribution in [3.05, 3.63) is 283 Å². The van der Waals surface area contributed by atoms with Gasteiger partial charge in [-0.2, -0.15) is 0 Å². The van der Waals surface area contributed by atoms with Crippen molar-refractivity contribution in [3.63, 3.8) is 0 Å². The molecule has 18 nitrogen and oxygen atoms in total. The number of H-pyrrole nitrogens is 1. The number of unbranched alkanes of at least 4 members (excludes halogenated alkanes) is 3. The Morgan fingerprint density at radius 2 is 0.955 bits per heavy atom. The third kappa shape index (κ3) is 38.1. The predicted octanol–water partition coefficient (Wildman–Crippen LogP) is 17.7. The van der Waals surface area contributed by atoms with Crippen LogP contribution in [0.15, 0.2) is 198 Å². The van der Waals surface area contributed by atoms with Crippen LogP contribution < -0.4 is 112 Å². The van der Waals surface area contributed by atoms with Crippen LogP contribution in [0.1, 0.15) is 147 Å². The van der Waals surface area contributed by atoms with Gasteiger partial charge in [0.25, 0.3) is 6.47 Å². The number of aromatic carboxylic acids is 1. The van der Waals surface area contributed by atoms with E-state index in [1.807, 2.05) is 46.7 Å². The van der Waals surface area contributed by atoms with Crippen molar-refractivity contribution in [3.8, 4) is 22.8 Å². The molecule has 112 heavy (non-hydrogen) atoms. The SMILES string of the molecule is CC=C(C)C.CCC[CH2][Sn]([CH2]CCC)([CH2]CCC)[c]1cnccn1.Clc1ccc(Cl)c(CBr)c1.O=C(O)c1ccc(-c2cnccn2)n1Cc1cc(Cl)ccc1Cl.O=CO[O-].O=Cc1ccc(-c2cnccn2)n1Cc1cc(Cl)ccc1Cl.O=Cc1ccc(Br)[nH]1.O=Cc1ccc(Br)n1Cc1cc(Cl)ccc1Cl.[2H]CF.[H-].[K+].[K+]. The van der Waals surface area contributed by atoms with E-state index in [4.69, 9.17) is 109 Å². The van der Waals surface area contributed by atoms with Crippen molar-refractivity contribution in [1.82, 2.24) is 48.6 Å². The van der Waals surface area contributed by atoms with E-state index in [1.165, 1.54) is 67.2 Å². The maximum Gasteiger partial charge on any atom is 1.00 e. The van der Waals surface area contributed by atoms with Gasteiger partial charge >= 0.3 is 232 Å². The van der Waals surface area contributed by atoms with Gasteiger partial charge in [-0.3, -0.25) is 43.5 Å².